The Morgan fingerprint density at radius 3 is 2.76 bits per heavy atom. The number of hydrogen-bond acceptors (Lipinski definition) is 3. The monoisotopic (exact) mass is 240 g/mol. The molecule has 2 aliphatic rings. The number of carbonyl (C=O) groups excluding carboxylic acids is 1. The van der Waals surface area contributed by atoms with E-state index in [0.717, 1.165) is 32.7 Å². The molecule has 2 heterocycles. The molecule has 2 aliphatic heterocycles. The molecule has 2 rings (SSSR count). The van der Waals surface area contributed by atoms with Gasteiger partial charge >= 0.3 is 0 Å². The summed E-state index contributed by atoms with van der Waals surface area (Å²) in [5, 5.41) is 0. The van der Waals surface area contributed by atoms with Crippen LogP contribution in [0.1, 0.15) is 26.2 Å². The number of nitrogens with zero attached hydrogens (tertiary/aromatic N) is 2. The van der Waals surface area contributed by atoms with Gasteiger partial charge in [-0.05, 0) is 39.3 Å². The van der Waals surface area contributed by atoms with Crippen LogP contribution in [-0.2, 0) is 9.53 Å². The molecule has 4 nitrogen and oxygen atoms in total. The fourth-order valence-corrected chi connectivity index (χ4v) is 2.68. The van der Waals surface area contributed by atoms with Crippen LogP contribution in [-0.4, -0.2) is 61.6 Å². The number of amides is 1. The molecule has 0 radical (unpaired) electrons. The summed E-state index contributed by atoms with van der Waals surface area (Å²) >= 11 is 0. The third-order valence-corrected chi connectivity index (χ3v) is 3.86. The molecule has 1 atom stereocenters. The Bertz CT molecular complexity index is 246. The maximum absolute atomic E-state index is 12.2. The van der Waals surface area contributed by atoms with Gasteiger partial charge in [-0.1, -0.05) is 0 Å². The number of ether oxygens (including phenoxy) is 1. The summed E-state index contributed by atoms with van der Waals surface area (Å²) in [6, 6.07) is 0. The zero-order valence-corrected chi connectivity index (χ0v) is 10.9. The highest BCUT2D eigenvalue weighted by atomic mass is 16.5. The van der Waals surface area contributed by atoms with Gasteiger partial charge in [0.25, 0.3) is 0 Å². The minimum Gasteiger partial charge on any atom is -0.381 e. The van der Waals surface area contributed by atoms with E-state index in [0.29, 0.717) is 12.5 Å². The molecule has 1 amide bonds. The van der Waals surface area contributed by atoms with Crippen LogP contribution in [0.2, 0.25) is 0 Å². The van der Waals surface area contributed by atoms with Gasteiger partial charge in [-0.15, -0.1) is 0 Å². The number of likely N-dealkylation sites (N-methyl/N-ethyl adjacent to an activating group) is 1. The standard InChI is InChI=1S/C13H24N2O2/c1-2-15(9-8-14-6-3-4-7-14)13(16)12-5-10-17-11-12/h12H,2-11H2,1H3. The molecule has 17 heavy (non-hydrogen) atoms. The Morgan fingerprint density at radius 2 is 2.18 bits per heavy atom. The quantitative estimate of drug-likeness (QED) is 0.718. The van der Waals surface area contributed by atoms with Gasteiger partial charge in [-0.3, -0.25) is 4.79 Å². The Labute approximate surface area is 104 Å². The van der Waals surface area contributed by atoms with Crippen molar-refractivity contribution in [2.45, 2.75) is 26.2 Å². The number of carbonyl (C=O) groups is 1. The lowest BCUT2D eigenvalue weighted by Crippen LogP contribution is -2.41. The molecule has 0 aromatic rings. The van der Waals surface area contributed by atoms with Gasteiger partial charge in [0.05, 0.1) is 12.5 Å². The maximum atomic E-state index is 12.2. The molecule has 0 bridgehead atoms. The molecule has 0 N–H and O–H groups in total. The van der Waals surface area contributed by atoms with E-state index >= 15 is 0 Å². The van der Waals surface area contributed by atoms with E-state index < -0.39 is 0 Å². The third kappa shape index (κ3) is 3.42. The molecule has 1 unspecified atom stereocenters. The van der Waals surface area contributed by atoms with Gasteiger partial charge in [-0.2, -0.15) is 0 Å². The van der Waals surface area contributed by atoms with Crippen molar-refractivity contribution < 1.29 is 9.53 Å². The van der Waals surface area contributed by atoms with Crippen LogP contribution < -0.4 is 0 Å². The van der Waals surface area contributed by atoms with E-state index in [-0.39, 0.29) is 5.92 Å². The SMILES string of the molecule is CCN(CCN1CCCC1)C(=O)C1CCOC1. The molecule has 4 heteroatoms. The van der Waals surface area contributed by atoms with Crippen molar-refractivity contribution in [1.82, 2.24) is 9.80 Å². The highest BCUT2D eigenvalue weighted by Crippen LogP contribution is 2.15. The van der Waals surface area contributed by atoms with Crippen molar-refractivity contribution in [2.24, 2.45) is 5.92 Å². The molecule has 0 aromatic heterocycles. The van der Waals surface area contributed by atoms with Crippen LogP contribution in [0.25, 0.3) is 0 Å². The Balaban J connectivity index is 1.76. The summed E-state index contributed by atoms with van der Waals surface area (Å²) in [4.78, 5) is 16.7. The second-order valence-corrected chi connectivity index (χ2v) is 5.03. The summed E-state index contributed by atoms with van der Waals surface area (Å²) in [5.74, 6) is 0.415. The van der Waals surface area contributed by atoms with Gasteiger partial charge < -0.3 is 14.5 Å². The summed E-state index contributed by atoms with van der Waals surface area (Å²) in [6.45, 7) is 8.59. The third-order valence-electron chi connectivity index (χ3n) is 3.86. The molecule has 0 aliphatic carbocycles. The zero-order valence-electron chi connectivity index (χ0n) is 10.9. The Morgan fingerprint density at radius 1 is 1.41 bits per heavy atom. The minimum atomic E-state index is 0.119. The van der Waals surface area contributed by atoms with Crippen molar-refractivity contribution in [3.8, 4) is 0 Å². The first-order valence-corrected chi connectivity index (χ1v) is 6.90. The largest absolute Gasteiger partial charge is 0.381 e. The van der Waals surface area contributed by atoms with Gasteiger partial charge in [0.15, 0.2) is 0 Å². The highest BCUT2D eigenvalue weighted by Gasteiger charge is 2.27. The molecular weight excluding hydrogens is 216 g/mol. The summed E-state index contributed by atoms with van der Waals surface area (Å²) in [7, 11) is 0. The van der Waals surface area contributed by atoms with E-state index in [1.165, 1.54) is 25.9 Å². The lowest BCUT2D eigenvalue weighted by atomic mass is 10.1. The fraction of sp³-hybridized carbons (Fsp3) is 0.923. The first-order valence-electron chi connectivity index (χ1n) is 6.90. The molecule has 0 saturated carbocycles. The number of hydrogen-bond donors (Lipinski definition) is 0. The van der Waals surface area contributed by atoms with Crippen molar-refractivity contribution in [2.75, 3.05) is 45.9 Å². The summed E-state index contributed by atoms with van der Waals surface area (Å²) in [5.41, 5.74) is 0. The average Bonchev–Trinajstić information content (AvgIpc) is 3.02. The normalized spacial score (nSPS) is 25.4. The van der Waals surface area contributed by atoms with Crippen LogP contribution in [0.5, 0.6) is 0 Å². The van der Waals surface area contributed by atoms with Gasteiger partial charge in [0.2, 0.25) is 5.91 Å². The smallest absolute Gasteiger partial charge is 0.228 e. The van der Waals surface area contributed by atoms with Gasteiger partial charge in [-0.25, -0.2) is 0 Å². The lowest BCUT2D eigenvalue weighted by molar-refractivity contribution is -0.135. The molecular formula is C13H24N2O2. The van der Waals surface area contributed by atoms with Crippen LogP contribution in [0.3, 0.4) is 0 Å². The van der Waals surface area contributed by atoms with Crippen molar-refractivity contribution in [3.63, 3.8) is 0 Å². The van der Waals surface area contributed by atoms with Gasteiger partial charge in [0, 0.05) is 26.2 Å². The predicted octanol–water partition coefficient (Wildman–Crippen LogP) is 0.967. The Hall–Kier alpha value is -0.610. The van der Waals surface area contributed by atoms with E-state index in [4.69, 9.17) is 4.74 Å². The molecule has 0 spiro atoms. The topological polar surface area (TPSA) is 32.8 Å². The predicted molar refractivity (Wildman–Crippen MR) is 66.9 cm³/mol. The second kappa shape index (κ2) is 6.36. The average molecular weight is 240 g/mol. The molecule has 0 aromatic carbocycles. The van der Waals surface area contributed by atoms with Crippen molar-refractivity contribution >= 4 is 5.91 Å². The molecule has 2 fully saturated rings. The second-order valence-electron chi connectivity index (χ2n) is 5.03. The maximum Gasteiger partial charge on any atom is 0.228 e. The first kappa shape index (κ1) is 12.8. The zero-order chi connectivity index (χ0) is 12.1. The van der Waals surface area contributed by atoms with Crippen LogP contribution in [0.4, 0.5) is 0 Å². The Kier molecular flexibility index (Phi) is 4.80. The highest BCUT2D eigenvalue weighted by molar-refractivity contribution is 5.79. The van der Waals surface area contributed by atoms with Crippen molar-refractivity contribution in [3.05, 3.63) is 0 Å². The number of rotatable bonds is 5. The minimum absolute atomic E-state index is 0.119. The summed E-state index contributed by atoms with van der Waals surface area (Å²) < 4.78 is 5.29. The fourth-order valence-electron chi connectivity index (χ4n) is 2.68. The first-order chi connectivity index (χ1) is 8.31. The summed E-state index contributed by atoms with van der Waals surface area (Å²) in [6.07, 6.45) is 3.53. The van der Waals surface area contributed by atoms with E-state index in [2.05, 4.69) is 11.8 Å². The molecule has 2 saturated heterocycles. The van der Waals surface area contributed by atoms with E-state index in [1.807, 2.05) is 4.90 Å². The van der Waals surface area contributed by atoms with Crippen molar-refractivity contribution in [1.29, 1.82) is 0 Å². The van der Waals surface area contributed by atoms with Crippen LogP contribution >= 0.6 is 0 Å². The van der Waals surface area contributed by atoms with Crippen LogP contribution in [0, 0.1) is 5.92 Å². The lowest BCUT2D eigenvalue weighted by Gasteiger charge is -2.26. The van der Waals surface area contributed by atoms with Gasteiger partial charge in [0.1, 0.15) is 0 Å². The van der Waals surface area contributed by atoms with E-state index in [9.17, 15) is 4.79 Å². The van der Waals surface area contributed by atoms with Crippen LogP contribution in [0.15, 0.2) is 0 Å². The van der Waals surface area contributed by atoms with E-state index in [1.54, 1.807) is 0 Å². The number of likely N-dealkylation sites (tertiary alicyclic amines) is 1. The molecule has 98 valence electrons.